The number of carbonyl (C=O) groups excluding carboxylic acids is 4. The largest absolute Gasteiger partial charge is 0.412 e. The van der Waals surface area contributed by atoms with E-state index in [0.717, 1.165) is 82.1 Å². The predicted octanol–water partition coefficient (Wildman–Crippen LogP) is 6.60. The number of imidazole rings is 2. The highest BCUT2D eigenvalue weighted by atomic mass is 16.6. The number of rotatable bonds is 11. The van der Waals surface area contributed by atoms with E-state index in [2.05, 4.69) is 83.9 Å². The molecule has 14 nitrogen and oxygen atoms in total. The highest BCUT2D eigenvalue weighted by Crippen LogP contribution is 2.40. The van der Waals surface area contributed by atoms with E-state index in [1.165, 1.54) is 0 Å². The highest BCUT2D eigenvalue weighted by Gasteiger charge is 2.43. The molecule has 0 radical (unpaired) electrons. The second-order valence-electron chi connectivity index (χ2n) is 14.5. The Morgan fingerprint density at radius 1 is 0.685 bits per heavy atom. The molecule has 2 saturated heterocycles. The number of primary amides is 2. The van der Waals surface area contributed by atoms with Crippen LogP contribution in [0.15, 0.2) is 48.8 Å². The fourth-order valence-corrected chi connectivity index (χ4v) is 8.50. The molecule has 14 heteroatoms. The van der Waals surface area contributed by atoms with E-state index in [4.69, 9.17) is 30.9 Å². The lowest BCUT2D eigenvalue weighted by Crippen LogP contribution is -2.46. The standard InChI is InChI=1S/C40H50N8O6/c1-7-31(37(49)53-39(41)51)47-21(3)9-17-33(47)35-43-19-29(45-35)26-13-11-25(12-14-26)27-15-16-28(24(6)23(27)5)30-20-44-36(46-30)34-18-10-22(4)48(34)32(8-2)38(50)54-40(42)52/h11-16,19-22,31-34H,7-10,17-18H2,1-6H3,(H2,41,51)(H2,42,52)(H,43,45)(H,44,46)/t21-,22-,31-,32-,33?,34?/m0/s1. The van der Waals surface area contributed by atoms with Crippen LogP contribution in [0, 0.1) is 13.8 Å². The third-order valence-electron chi connectivity index (χ3n) is 11.3. The number of ether oxygens (including phenoxy) is 2. The maximum absolute atomic E-state index is 12.8. The molecule has 4 aromatic rings. The maximum Gasteiger partial charge on any atom is 0.412 e. The fourth-order valence-electron chi connectivity index (χ4n) is 8.50. The van der Waals surface area contributed by atoms with Gasteiger partial charge >= 0.3 is 24.1 Å². The lowest BCUT2D eigenvalue weighted by molar-refractivity contribution is -0.145. The van der Waals surface area contributed by atoms with E-state index in [9.17, 15) is 19.2 Å². The average Bonchev–Trinajstić information content (AvgIpc) is 3.95. The molecular weight excluding hydrogens is 688 g/mol. The van der Waals surface area contributed by atoms with Crippen molar-refractivity contribution in [2.45, 2.75) is 116 Å². The molecule has 54 heavy (non-hydrogen) atoms. The summed E-state index contributed by atoms with van der Waals surface area (Å²) in [5.74, 6) is 0.252. The minimum atomic E-state index is -1.10. The normalized spacial score (nSPS) is 21.5. The Balaban J connectivity index is 1.19. The van der Waals surface area contributed by atoms with Crippen LogP contribution in [-0.2, 0) is 19.1 Å². The SMILES string of the molecule is CC[C@@H](C(=O)OC(N)=O)N1C(c2ncc(-c3ccc(-c4ccc(-c5cnc(C6CC[C@H](C)N6[C@@H](CC)C(=O)OC(N)=O)[nH]5)c(C)c4C)cc3)[nH]2)CC[C@@H]1C. The number of nitrogens with two attached hydrogens (primary N) is 2. The zero-order valence-corrected chi connectivity index (χ0v) is 31.7. The first-order chi connectivity index (χ1) is 25.8. The number of hydrogen-bond acceptors (Lipinski definition) is 10. The van der Waals surface area contributed by atoms with E-state index < -0.39 is 36.2 Å². The van der Waals surface area contributed by atoms with Crippen LogP contribution in [0.5, 0.6) is 0 Å². The molecule has 0 spiro atoms. The number of amides is 2. The summed E-state index contributed by atoms with van der Waals surface area (Å²) in [4.78, 5) is 68.8. The molecule has 6 N–H and O–H groups in total. The van der Waals surface area contributed by atoms with Gasteiger partial charge in [0.1, 0.15) is 23.7 Å². The van der Waals surface area contributed by atoms with Gasteiger partial charge in [0.15, 0.2) is 0 Å². The van der Waals surface area contributed by atoms with Crippen LogP contribution in [0.2, 0.25) is 0 Å². The third kappa shape index (κ3) is 7.53. The first-order valence-corrected chi connectivity index (χ1v) is 18.7. The molecule has 6 atom stereocenters. The van der Waals surface area contributed by atoms with Gasteiger partial charge in [-0.05, 0) is 94.0 Å². The number of likely N-dealkylation sites (tertiary alicyclic amines) is 2. The monoisotopic (exact) mass is 738 g/mol. The summed E-state index contributed by atoms with van der Waals surface area (Å²) in [5, 5.41) is 0. The van der Waals surface area contributed by atoms with Crippen molar-refractivity contribution in [3.8, 4) is 33.6 Å². The van der Waals surface area contributed by atoms with Gasteiger partial charge in [-0.2, -0.15) is 0 Å². The second kappa shape index (κ2) is 15.9. The van der Waals surface area contributed by atoms with Gasteiger partial charge in [0, 0.05) is 17.6 Å². The summed E-state index contributed by atoms with van der Waals surface area (Å²) in [7, 11) is 0. The summed E-state index contributed by atoms with van der Waals surface area (Å²) in [6, 6.07) is 11.3. The van der Waals surface area contributed by atoms with Crippen LogP contribution < -0.4 is 11.5 Å². The van der Waals surface area contributed by atoms with Crippen LogP contribution >= 0.6 is 0 Å². The zero-order chi connectivity index (χ0) is 38.8. The molecule has 0 saturated carbocycles. The number of aromatic amines is 2. The molecule has 0 aliphatic carbocycles. The van der Waals surface area contributed by atoms with Crippen molar-refractivity contribution in [3.05, 3.63) is 71.6 Å². The minimum absolute atomic E-state index is 0.0991. The van der Waals surface area contributed by atoms with Gasteiger partial charge in [0.2, 0.25) is 0 Å². The molecular formula is C40H50N8O6. The van der Waals surface area contributed by atoms with E-state index in [1.54, 1.807) is 0 Å². The van der Waals surface area contributed by atoms with Crippen molar-refractivity contribution in [3.63, 3.8) is 0 Å². The summed E-state index contributed by atoms with van der Waals surface area (Å²) in [5.41, 5.74) is 18.5. The topological polar surface area (TPSA) is 203 Å². The molecule has 0 bridgehead atoms. The molecule has 2 aliphatic rings. The first-order valence-electron chi connectivity index (χ1n) is 18.7. The molecule has 2 aliphatic heterocycles. The Morgan fingerprint density at radius 3 is 1.59 bits per heavy atom. The van der Waals surface area contributed by atoms with Crippen LogP contribution in [-0.4, -0.2) is 78.0 Å². The van der Waals surface area contributed by atoms with Gasteiger partial charge in [-0.15, -0.1) is 0 Å². The van der Waals surface area contributed by atoms with E-state index in [-0.39, 0.29) is 24.2 Å². The van der Waals surface area contributed by atoms with Gasteiger partial charge in [-0.1, -0.05) is 50.2 Å². The lowest BCUT2D eigenvalue weighted by Gasteiger charge is -2.33. The molecule has 2 unspecified atom stereocenters. The fraction of sp³-hybridized carbons (Fsp3) is 0.450. The number of benzene rings is 2. The molecule has 2 aromatic carbocycles. The quantitative estimate of drug-likeness (QED) is 0.0959. The van der Waals surface area contributed by atoms with E-state index in [0.29, 0.717) is 12.8 Å². The summed E-state index contributed by atoms with van der Waals surface area (Å²) >= 11 is 0. The summed E-state index contributed by atoms with van der Waals surface area (Å²) in [6.07, 6.45) is 5.80. The van der Waals surface area contributed by atoms with E-state index in [1.807, 2.05) is 26.2 Å². The zero-order valence-electron chi connectivity index (χ0n) is 31.7. The number of carbonyl (C=O) groups is 4. The van der Waals surface area contributed by atoms with Crippen molar-refractivity contribution < 1.29 is 28.7 Å². The van der Waals surface area contributed by atoms with Gasteiger partial charge in [-0.3, -0.25) is 9.80 Å². The maximum atomic E-state index is 12.8. The van der Waals surface area contributed by atoms with Crippen LogP contribution in [0.25, 0.3) is 33.6 Å². The summed E-state index contributed by atoms with van der Waals surface area (Å²) in [6.45, 7) is 12.1. The van der Waals surface area contributed by atoms with Gasteiger partial charge in [0.25, 0.3) is 0 Å². The minimum Gasteiger partial charge on any atom is -0.375 e. The number of aromatic nitrogens is 4. The Kier molecular flexibility index (Phi) is 11.3. The molecule has 2 amide bonds. The second-order valence-corrected chi connectivity index (χ2v) is 14.5. The van der Waals surface area contributed by atoms with Crippen molar-refractivity contribution in [2.24, 2.45) is 11.5 Å². The predicted molar refractivity (Wildman–Crippen MR) is 203 cm³/mol. The number of esters is 2. The Labute approximate surface area is 315 Å². The summed E-state index contributed by atoms with van der Waals surface area (Å²) < 4.78 is 9.54. The van der Waals surface area contributed by atoms with Crippen LogP contribution in [0.1, 0.15) is 101 Å². The van der Waals surface area contributed by atoms with Crippen LogP contribution in [0.3, 0.4) is 0 Å². The smallest absolute Gasteiger partial charge is 0.375 e. The van der Waals surface area contributed by atoms with Gasteiger partial charge in [0.05, 0.1) is 35.9 Å². The highest BCUT2D eigenvalue weighted by molar-refractivity contribution is 5.87. The van der Waals surface area contributed by atoms with Crippen molar-refractivity contribution in [1.82, 2.24) is 29.7 Å². The molecule has 6 rings (SSSR count). The number of nitrogens with zero attached hydrogens (tertiary/aromatic N) is 4. The van der Waals surface area contributed by atoms with Gasteiger partial charge < -0.3 is 30.9 Å². The Hall–Kier alpha value is -5.34. The number of hydrogen-bond donors (Lipinski definition) is 4. The lowest BCUT2D eigenvalue weighted by atomic mass is 9.92. The number of nitrogens with one attached hydrogen (secondary N) is 2. The molecule has 2 aromatic heterocycles. The van der Waals surface area contributed by atoms with Crippen molar-refractivity contribution in [2.75, 3.05) is 0 Å². The Morgan fingerprint density at radius 2 is 1.11 bits per heavy atom. The first kappa shape index (κ1) is 38.4. The van der Waals surface area contributed by atoms with E-state index >= 15 is 0 Å². The average molecular weight is 739 g/mol. The van der Waals surface area contributed by atoms with Crippen molar-refractivity contribution >= 4 is 24.1 Å². The molecule has 4 heterocycles. The third-order valence-corrected chi connectivity index (χ3v) is 11.3. The molecule has 286 valence electrons. The Bertz CT molecular complexity index is 2020. The molecule has 2 fully saturated rings. The number of H-pyrrole nitrogens is 2. The van der Waals surface area contributed by atoms with Gasteiger partial charge in [-0.25, -0.2) is 29.1 Å². The van der Waals surface area contributed by atoms with Crippen molar-refractivity contribution in [1.29, 1.82) is 0 Å². The van der Waals surface area contributed by atoms with Crippen LogP contribution in [0.4, 0.5) is 9.59 Å².